The lowest BCUT2D eigenvalue weighted by atomic mass is 10.0. The maximum absolute atomic E-state index is 11.7. The number of rotatable bonds is 5. The lowest BCUT2D eigenvalue weighted by molar-refractivity contribution is -0.121. The molecule has 1 atom stereocenters. The Bertz CT molecular complexity index is 506. The number of ether oxygens (including phenoxy) is 1. The van der Waals surface area contributed by atoms with Crippen molar-refractivity contribution in [3.8, 4) is 0 Å². The van der Waals surface area contributed by atoms with Crippen LogP contribution in [0.2, 0.25) is 0 Å². The van der Waals surface area contributed by atoms with Gasteiger partial charge in [0.25, 0.3) is 0 Å². The van der Waals surface area contributed by atoms with Crippen molar-refractivity contribution in [2.75, 3.05) is 36.5 Å². The van der Waals surface area contributed by atoms with Crippen LogP contribution in [0.5, 0.6) is 0 Å². The van der Waals surface area contributed by atoms with Gasteiger partial charge in [-0.2, -0.15) is 0 Å². The number of nitrogens with two attached hydrogens (primary N) is 1. The van der Waals surface area contributed by atoms with E-state index in [1.165, 1.54) is 6.33 Å². The normalized spacial score (nSPS) is 18.9. The monoisotopic (exact) mass is 293 g/mol. The van der Waals surface area contributed by atoms with Gasteiger partial charge in [-0.15, -0.1) is 0 Å². The molecule has 1 saturated heterocycles. The van der Waals surface area contributed by atoms with Crippen LogP contribution in [0.4, 0.5) is 11.6 Å². The summed E-state index contributed by atoms with van der Waals surface area (Å²) in [6.07, 6.45) is 1.52. The molecular weight excluding hydrogens is 270 g/mol. The number of aromatic nitrogens is 2. The van der Waals surface area contributed by atoms with E-state index in [0.717, 1.165) is 23.7 Å². The summed E-state index contributed by atoms with van der Waals surface area (Å²) < 4.78 is 5.37. The Morgan fingerprint density at radius 2 is 2.33 bits per heavy atom. The minimum Gasteiger partial charge on any atom is -0.377 e. The molecule has 0 aliphatic carbocycles. The third-order valence-corrected chi connectivity index (χ3v) is 3.51. The third-order valence-electron chi connectivity index (χ3n) is 3.51. The van der Waals surface area contributed by atoms with Crippen molar-refractivity contribution in [2.24, 2.45) is 5.73 Å². The van der Waals surface area contributed by atoms with Gasteiger partial charge in [0.05, 0.1) is 13.2 Å². The summed E-state index contributed by atoms with van der Waals surface area (Å²) in [6.45, 7) is 8.42. The fraction of sp³-hybridized carbons (Fsp3) is 0.643. The molecule has 3 N–H and O–H groups in total. The SMILES string of the molecule is CCNc1ncnc(N2CCOCC2C(N)=O)c1C(C)C. The zero-order valence-corrected chi connectivity index (χ0v) is 12.8. The molecule has 1 aromatic rings. The minimum atomic E-state index is -0.486. The molecule has 1 unspecified atom stereocenters. The predicted octanol–water partition coefficient (Wildman–Crippen LogP) is 0.722. The van der Waals surface area contributed by atoms with E-state index < -0.39 is 11.9 Å². The van der Waals surface area contributed by atoms with Crippen LogP contribution in [0.15, 0.2) is 6.33 Å². The van der Waals surface area contributed by atoms with Crippen molar-refractivity contribution in [2.45, 2.75) is 32.7 Å². The number of hydrogen-bond acceptors (Lipinski definition) is 6. The molecule has 1 aromatic heterocycles. The van der Waals surface area contributed by atoms with Gasteiger partial charge in [0.1, 0.15) is 24.0 Å². The molecule has 116 valence electrons. The van der Waals surface area contributed by atoms with Crippen LogP contribution in [0, 0.1) is 0 Å². The van der Waals surface area contributed by atoms with Gasteiger partial charge in [-0.25, -0.2) is 9.97 Å². The fourth-order valence-electron chi connectivity index (χ4n) is 2.55. The average Bonchev–Trinajstić information content (AvgIpc) is 2.47. The van der Waals surface area contributed by atoms with Gasteiger partial charge >= 0.3 is 0 Å². The summed E-state index contributed by atoms with van der Waals surface area (Å²) in [7, 11) is 0. The number of primary amides is 1. The Morgan fingerprint density at radius 1 is 1.57 bits per heavy atom. The van der Waals surface area contributed by atoms with Gasteiger partial charge in [-0.1, -0.05) is 13.8 Å². The Labute approximate surface area is 124 Å². The number of morpholine rings is 1. The van der Waals surface area contributed by atoms with Crippen molar-refractivity contribution in [1.29, 1.82) is 0 Å². The fourth-order valence-corrected chi connectivity index (χ4v) is 2.55. The molecule has 0 radical (unpaired) electrons. The molecule has 1 aliphatic heterocycles. The standard InChI is InChI=1S/C14H23N5O2/c1-4-16-13-11(9(2)3)14(18-8-17-13)19-5-6-21-7-10(19)12(15)20/h8-10H,4-7H2,1-3H3,(H2,15,20)(H,16,17,18). The number of nitrogens with zero attached hydrogens (tertiary/aromatic N) is 3. The highest BCUT2D eigenvalue weighted by atomic mass is 16.5. The smallest absolute Gasteiger partial charge is 0.242 e. The van der Waals surface area contributed by atoms with E-state index in [1.54, 1.807) is 0 Å². The first kappa shape index (κ1) is 15.5. The first-order valence-corrected chi connectivity index (χ1v) is 7.28. The summed E-state index contributed by atoms with van der Waals surface area (Å²) >= 11 is 0. The Kier molecular flexibility index (Phi) is 4.95. The summed E-state index contributed by atoms with van der Waals surface area (Å²) in [4.78, 5) is 22.3. The van der Waals surface area contributed by atoms with Gasteiger partial charge < -0.3 is 20.7 Å². The Hall–Kier alpha value is -1.89. The van der Waals surface area contributed by atoms with Crippen molar-refractivity contribution < 1.29 is 9.53 Å². The molecule has 1 aliphatic rings. The van der Waals surface area contributed by atoms with E-state index >= 15 is 0 Å². The van der Waals surface area contributed by atoms with Gasteiger partial charge in [-0.3, -0.25) is 4.79 Å². The van der Waals surface area contributed by atoms with Gasteiger partial charge in [0, 0.05) is 18.7 Å². The molecule has 1 fully saturated rings. The minimum absolute atomic E-state index is 0.228. The molecule has 21 heavy (non-hydrogen) atoms. The van der Waals surface area contributed by atoms with E-state index in [1.807, 2.05) is 11.8 Å². The lowest BCUT2D eigenvalue weighted by Gasteiger charge is -2.36. The second kappa shape index (κ2) is 6.71. The molecule has 7 nitrogen and oxygen atoms in total. The largest absolute Gasteiger partial charge is 0.377 e. The highest BCUT2D eigenvalue weighted by molar-refractivity contribution is 5.84. The van der Waals surface area contributed by atoms with Gasteiger partial charge in [-0.05, 0) is 12.8 Å². The van der Waals surface area contributed by atoms with Crippen LogP contribution in [-0.2, 0) is 9.53 Å². The number of nitrogens with one attached hydrogen (secondary N) is 1. The van der Waals surface area contributed by atoms with Crippen molar-refractivity contribution in [1.82, 2.24) is 9.97 Å². The summed E-state index contributed by atoms with van der Waals surface area (Å²) in [6, 6.07) is -0.486. The summed E-state index contributed by atoms with van der Waals surface area (Å²) in [5, 5.41) is 3.26. The second-order valence-corrected chi connectivity index (χ2v) is 5.33. The molecule has 7 heteroatoms. The van der Waals surface area contributed by atoms with E-state index in [0.29, 0.717) is 19.8 Å². The second-order valence-electron chi connectivity index (χ2n) is 5.33. The van der Waals surface area contributed by atoms with Crippen LogP contribution in [0.25, 0.3) is 0 Å². The van der Waals surface area contributed by atoms with Gasteiger partial charge in [0.15, 0.2) is 0 Å². The molecule has 2 heterocycles. The quantitative estimate of drug-likeness (QED) is 0.831. The molecule has 0 aromatic carbocycles. The van der Waals surface area contributed by atoms with Crippen LogP contribution >= 0.6 is 0 Å². The summed E-state index contributed by atoms with van der Waals surface area (Å²) in [5.41, 5.74) is 6.51. The van der Waals surface area contributed by atoms with E-state index in [9.17, 15) is 4.79 Å². The van der Waals surface area contributed by atoms with Crippen molar-refractivity contribution >= 4 is 17.5 Å². The first-order valence-electron chi connectivity index (χ1n) is 7.28. The van der Waals surface area contributed by atoms with Crippen LogP contribution in [-0.4, -0.2) is 48.2 Å². The number of carbonyl (C=O) groups is 1. The third kappa shape index (κ3) is 3.24. The van der Waals surface area contributed by atoms with Crippen LogP contribution in [0.1, 0.15) is 32.3 Å². The molecule has 0 bridgehead atoms. The average molecular weight is 293 g/mol. The Morgan fingerprint density at radius 3 is 2.95 bits per heavy atom. The Balaban J connectivity index is 2.45. The van der Waals surface area contributed by atoms with E-state index in [-0.39, 0.29) is 5.92 Å². The number of carbonyl (C=O) groups excluding carboxylic acids is 1. The number of amides is 1. The molecule has 2 rings (SSSR count). The highest BCUT2D eigenvalue weighted by Crippen LogP contribution is 2.32. The number of anilines is 2. The first-order chi connectivity index (χ1) is 10.1. The topological polar surface area (TPSA) is 93.4 Å². The van der Waals surface area contributed by atoms with E-state index in [4.69, 9.17) is 10.5 Å². The van der Waals surface area contributed by atoms with Crippen LogP contribution in [0.3, 0.4) is 0 Å². The zero-order valence-electron chi connectivity index (χ0n) is 12.8. The number of hydrogen-bond donors (Lipinski definition) is 2. The van der Waals surface area contributed by atoms with E-state index in [2.05, 4.69) is 29.1 Å². The lowest BCUT2D eigenvalue weighted by Crippen LogP contribution is -2.53. The van der Waals surface area contributed by atoms with Crippen molar-refractivity contribution in [3.63, 3.8) is 0 Å². The molecule has 0 spiro atoms. The maximum atomic E-state index is 11.7. The highest BCUT2D eigenvalue weighted by Gasteiger charge is 2.31. The van der Waals surface area contributed by atoms with Crippen LogP contribution < -0.4 is 16.0 Å². The summed E-state index contributed by atoms with van der Waals surface area (Å²) in [5.74, 6) is 1.41. The van der Waals surface area contributed by atoms with Crippen molar-refractivity contribution in [3.05, 3.63) is 11.9 Å². The zero-order chi connectivity index (χ0) is 15.4. The van der Waals surface area contributed by atoms with Gasteiger partial charge in [0.2, 0.25) is 5.91 Å². The predicted molar refractivity (Wildman–Crippen MR) is 81.4 cm³/mol. The molecular formula is C14H23N5O2. The maximum Gasteiger partial charge on any atom is 0.242 e. The molecule has 1 amide bonds. The molecule has 0 saturated carbocycles.